The Hall–Kier alpha value is -2.00. The molecule has 2 heterocycles. The van der Waals surface area contributed by atoms with Crippen molar-refractivity contribution in [3.8, 4) is 11.5 Å². The predicted octanol–water partition coefficient (Wildman–Crippen LogP) is 2.71. The van der Waals surface area contributed by atoms with E-state index in [1.165, 1.54) is 5.56 Å². The molecule has 0 saturated carbocycles. The van der Waals surface area contributed by atoms with E-state index in [1.807, 2.05) is 24.3 Å². The minimum absolute atomic E-state index is 0.295. The van der Waals surface area contributed by atoms with Gasteiger partial charge in [0.2, 0.25) is 6.79 Å². The monoisotopic (exact) mass is 318 g/mol. The van der Waals surface area contributed by atoms with Gasteiger partial charge in [-0.25, -0.2) is 0 Å². The summed E-state index contributed by atoms with van der Waals surface area (Å²) >= 11 is 0. The second-order valence-electron chi connectivity index (χ2n) is 5.65. The third-order valence-corrected chi connectivity index (χ3v) is 5.01. The number of benzene rings is 1. The highest BCUT2D eigenvalue weighted by Gasteiger charge is 2.13. The normalized spacial score (nSPS) is 13.2. The zero-order valence-electron chi connectivity index (χ0n) is 12.7. The SMILES string of the molecule is CP(C)(=O)c1cncc(NCCc2ccc3c(c2)OCO3)c1. The average Bonchev–Trinajstić information content (AvgIpc) is 2.94. The van der Waals surface area contributed by atoms with Gasteiger partial charge in [-0.15, -0.1) is 0 Å². The minimum atomic E-state index is -2.28. The van der Waals surface area contributed by atoms with Crippen molar-refractivity contribution < 1.29 is 14.0 Å². The van der Waals surface area contributed by atoms with Crippen LogP contribution in [0.25, 0.3) is 0 Å². The number of pyridine rings is 1. The molecule has 5 nitrogen and oxygen atoms in total. The molecule has 2 aromatic rings. The molecule has 0 unspecified atom stereocenters. The molecule has 0 aliphatic carbocycles. The van der Waals surface area contributed by atoms with E-state index in [-0.39, 0.29) is 0 Å². The van der Waals surface area contributed by atoms with E-state index in [9.17, 15) is 4.57 Å². The first-order valence-corrected chi connectivity index (χ1v) is 9.75. The quantitative estimate of drug-likeness (QED) is 0.859. The van der Waals surface area contributed by atoms with Crippen molar-refractivity contribution in [1.29, 1.82) is 0 Å². The fraction of sp³-hybridized carbons (Fsp3) is 0.312. The number of aromatic nitrogens is 1. The minimum Gasteiger partial charge on any atom is -0.454 e. The lowest BCUT2D eigenvalue weighted by Gasteiger charge is -2.10. The highest BCUT2D eigenvalue weighted by atomic mass is 31.2. The summed E-state index contributed by atoms with van der Waals surface area (Å²) in [6, 6.07) is 7.89. The van der Waals surface area contributed by atoms with Crippen LogP contribution in [-0.2, 0) is 11.0 Å². The number of anilines is 1. The third-order valence-electron chi connectivity index (χ3n) is 3.53. The van der Waals surface area contributed by atoms with Crippen LogP contribution in [0.4, 0.5) is 5.69 Å². The lowest BCUT2D eigenvalue weighted by atomic mass is 10.1. The summed E-state index contributed by atoms with van der Waals surface area (Å²) < 4.78 is 22.8. The lowest BCUT2D eigenvalue weighted by Crippen LogP contribution is -2.09. The van der Waals surface area contributed by atoms with Crippen molar-refractivity contribution in [2.24, 2.45) is 0 Å². The van der Waals surface area contributed by atoms with Gasteiger partial charge in [-0.2, -0.15) is 0 Å². The smallest absolute Gasteiger partial charge is 0.231 e. The highest BCUT2D eigenvalue weighted by molar-refractivity contribution is 7.70. The molecular formula is C16H19N2O3P. The molecule has 0 radical (unpaired) electrons. The van der Waals surface area contributed by atoms with Crippen molar-refractivity contribution in [2.45, 2.75) is 6.42 Å². The van der Waals surface area contributed by atoms with Crippen LogP contribution >= 0.6 is 7.14 Å². The van der Waals surface area contributed by atoms with Gasteiger partial charge in [-0.3, -0.25) is 4.98 Å². The van der Waals surface area contributed by atoms with Crippen LogP contribution in [0.15, 0.2) is 36.7 Å². The summed E-state index contributed by atoms with van der Waals surface area (Å²) in [6.07, 6.45) is 4.28. The maximum absolute atomic E-state index is 12.1. The summed E-state index contributed by atoms with van der Waals surface area (Å²) in [5, 5.41) is 4.11. The molecule has 0 bridgehead atoms. The predicted molar refractivity (Wildman–Crippen MR) is 88.1 cm³/mol. The summed E-state index contributed by atoms with van der Waals surface area (Å²) in [7, 11) is -2.28. The second-order valence-corrected chi connectivity index (χ2v) is 8.87. The molecule has 0 saturated heterocycles. The second kappa shape index (κ2) is 6.01. The van der Waals surface area contributed by atoms with Crippen LogP contribution in [0, 0.1) is 0 Å². The molecule has 3 rings (SSSR count). The van der Waals surface area contributed by atoms with Crippen LogP contribution < -0.4 is 20.1 Å². The number of nitrogens with one attached hydrogen (secondary N) is 1. The maximum atomic E-state index is 12.1. The molecule has 0 atom stereocenters. The third kappa shape index (κ3) is 3.42. The van der Waals surface area contributed by atoms with Gasteiger partial charge < -0.3 is 19.4 Å². The van der Waals surface area contributed by atoms with Crippen molar-refractivity contribution in [3.63, 3.8) is 0 Å². The molecule has 1 N–H and O–H groups in total. The molecule has 1 aromatic carbocycles. The first kappa shape index (κ1) is 14.9. The summed E-state index contributed by atoms with van der Waals surface area (Å²) in [5.74, 6) is 1.61. The molecule has 0 fully saturated rings. The van der Waals surface area contributed by atoms with Crippen LogP contribution in [0.2, 0.25) is 0 Å². The van der Waals surface area contributed by atoms with Crippen molar-refractivity contribution in [2.75, 3.05) is 32.0 Å². The van der Waals surface area contributed by atoms with E-state index in [0.717, 1.165) is 35.5 Å². The summed E-state index contributed by atoms with van der Waals surface area (Å²) in [5.41, 5.74) is 2.07. The zero-order chi connectivity index (χ0) is 15.6. The Labute approximate surface area is 130 Å². The highest BCUT2D eigenvalue weighted by Crippen LogP contribution is 2.35. The zero-order valence-corrected chi connectivity index (χ0v) is 13.6. The molecule has 116 valence electrons. The Morgan fingerprint density at radius 2 is 2.00 bits per heavy atom. The maximum Gasteiger partial charge on any atom is 0.231 e. The topological polar surface area (TPSA) is 60.5 Å². The van der Waals surface area contributed by atoms with E-state index < -0.39 is 7.14 Å². The first-order valence-electron chi connectivity index (χ1n) is 7.15. The van der Waals surface area contributed by atoms with Gasteiger partial charge in [0.25, 0.3) is 0 Å². The fourth-order valence-corrected chi connectivity index (χ4v) is 3.06. The Morgan fingerprint density at radius 1 is 1.18 bits per heavy atom. The van der Waals surface area contributed by atoms with E-state index in [2.05, 4.69) is 10.3 Å². The van der Waals surface area contributed by atoms with Crippen molar-refractivity contribution in [3.05, 3.63) is 42.2 Å². The van der Waals surface area contributed by atoms with Crippen molar-refractivity contribution >= 4 is 18.1 Å². The van der Waals surface area contributed by atoms with Gasteiger partial charge in [0, 0.05) is 24.2 Å². The number of fused-ring (bicyclic) bond motifs is 1. The van der Waals surface area contributed by atoms with Crippen LogP contribution in [0.3, 0.4) is 0 Å². The molecule has 0 amide bonds. The first-order chi connectivity index (χ1) is 10.5. The Kier molecular flexibility index (Phi) is 4.08. The number of hydrogen-bond donors (Lipinski definition) is 1. The summed E-state index contributed by atoms with van der Waals surface area (Å²) in [6.45, 7) is 4.56. The number of ether oxygens (including phenoxy) is 2. The molecular weight excluding hydrogens is 299 g/mol. The van der Waals surface area contributed by atoms with E-state index >= 15 is 0 Å². The molecule has 0 spiro atoms. The Morgan fingerprint density at radius 3 is 2.82 bits per heavy atom. The molecule has 6 heteroatoms. The van der Waals surface area contributed by atoms with Gasteiger partial charge in [-0.1, -0.05) is 6.07 Å². The van der Waals surface area contributed by atoms with E-state index in [0.29, 0.717) is 6.79 Å². The molecule has 1 aromatic heterocycles. The van der Waals surface area contributed by atoms with E-state index in [4.69, 9.17) is 9.47 Å². The number of rotatable bonds is 5. The fourth-order valence-electron chi connectivity index (χ4n) is 2.27. The number of hydrogen-bond acceptors (Lipinski definition) is 5. The lowest BCUT2D eigenvalue weighted by molar-refractivity contribution is 0.174. The van der Waals surface area contributed by atoms with Crippen LogP contribution in [0.5, 0.6) is 11.5 Å². The summed E-state index contributed by atoms with van der Waals surface area (Å²) in [4.78, 5) is 4.15. The van der Waals surface area contributed by atoms with Gasteiger partial charge in [0.05, 0.1) is 5.69 Å². The molecule has 1 aliphatic rings. The van der Waals surface area contributed by atoms with Gasteiger partial charge in [-0.05, 0) is 43.5 Å². The van der Waals surface area contributed by atoms with Gasteiger partial charge in [0.1, 0.15) is 7.14 Å². The Bertz CT molecular complexity index is 727. The average molecular weight is 318 g/mol. The molecule has 22 heavy (non-hydrogen) atoms. The largest absolute Gasteiger partial charge is 0.454 e. The van der Waals surface area contributed by atoms with Gasteiger partial charge >= 0.3 is 0 Å². The van der Waals surface area contributed by atoms with E-state index in [1.54, 1.807) is 25.7 Å². The molecule has 1 aliphatic heterocycles. The van der Waals surface area contributed by atoms with Crippen molar-refractivity contribution in [1.82, 2.24) is 4.98 Å². The van der Waals surface area contributed by atoms with Crippen LogP contribution in [-0.4, -0.2) is 31.7 Å². The van der Waals surface area contributed by atoms with Crippen LogP contribution in [0.1, 0.15) is 5.56 Å². The van der Waals surface area contributed by atoms with Gasteiger partial charge in [0.15, 0.2) is 11.5 Å². The number of nitrogens with zero attached hydrogens (tertiary/aromatic N) is 1. The Balaban J connectivity index is 1.60. The standard InChI is InChI=1S/C16H19N2O3P/c1-22(2,19)14-8-13(9-17-10-14)18-6-5-12-3-4-15-16(7-12)21-11-20-15/h3-4,7-10,18H,5-6,11H2,1-2H3.